The van der Waals surface area contributed by atoms with E-state index in [1.165, 1.54) is 0 Å². The quantitative estimate of drug-likeness (QED) is 0.736. The number of aldehydes is 1. The SMILES string of the molecule is COc1cc(Cl)c2c(C=O)c(C)oc2c1. The first-order valence-electron chi connectivity index (χ1n) is 4.39. The minimum atomic E-state index is 0.461. The van der Waals surface area contributed by atoms with E-state index in [-0.39, 0.29) is 0 Å². The minimum Gasteiger partial charge on any atom is -0.497 e. The molecule has 2 aromatic rings. The molecule has 0 aliphatic carbocycles. The molecule has 0 saturated heterocycles. The summed E-state index contributed by atoms with van der Waals surface area (Å²) in [6, 6.07) is 3.37. The van der Waals surface area contributed by atoms with Gasteiger partial charge < -0.3 is 9.15 Å². The Kier molecular flexibility index (Phi) is 2.40. The molecule has 0 saturated carbocycles. The molecular formula is C11H9ClO3. The monoisotopic (exact) mass is 224 g/mol. The van der Waals surface area contributed by atoms with Crippen LogP contribution in [0.15, 0.2) is 16.5 Å². The molecule has 0 amide bonds. The third kappa shape index (κ3) is 1.49. The Morgan fingerprint density at radius 3 is 2.80 bits per heavy atom. The molecule has 1 aromatic carbocycles. The molecule has 0 fully saturated rings. The molecule has 0 spiro atoms. The van der Waals surface area contributed by atoms with E-state index in [4.69, 9.17) is 20.8 Å². The summed E-state index contributed by atoms with van der Waals surface area (Å²) in [5.41, 5.74) is 1.07. The van der Waals surface area contributed by atoms with Crippen molar-refractivity contribution in [2.45, 2.75) is 6.92 Å². The topological polar surface area (TPSA) is 39.4 Å². The van der Waals surface area contributed by atoms with Crippen molar-refractivity contribution in [3.63, 3.8) is 0 Å². The van der Waals surface area contributed by atoms with Crippen LogP contribution in [0.2, 0.25) is 5.02 Å². The molecule has 1 heterocycles. The van der Waals surface area contributed by atoms with Gasteiger partial charge in [0.2, 0.25) is 0 Å². The Morgan fingerprint density at radius 1 is 1.47 bits per heavy atom. The third-order valence-corrected chi connectivity index (χ3v) is 2.59. The zero-order chi connectivity index (χ0) is 11.0. The first-order chi connectivity index (χ1) is 7.17. The molecule has 3 nitrogen and oxygen atoms in total. The minimum absolute atomic E-state index is 0.461. The lowest BCUT2D eigenvalue weighted by atomic mass is 10.1. The van der Waals surface area contributed by atoms with Crippen LogP contribution in [-0.4, -0.2) is 13.4 Å². The second-order valence-electron chi connectivity index (χ2n) is 3.17. The summed E-state index contributed by atoms with van der Waals surface area (Å²) in [7, 11) is 1.55. The highest BCUT2D eigenvalue weighted by atomic mass is 35.5. The number of carbonyl (C=O) groups excluding carboxylic acids is 1. The Hall–Kier alpha value is -1.48. The van der Waals surface area contributed by atoms with Crippen LogP contribution in [0.1, 0.15) is 16.1 Å². The number of furan rings is 1. The number of carbonyl (C=O) groups is 1. The van der Waals surface area contributed by atoms with Crippen LogP contribution in [0.3, 0.4) is 0 Å². The smallest absolute Gasteiger partial charge is 0.154 e. The molecule has 0 aliphatic rings. The van der Waals surface area contributed by atoms with Crippen molar-refractivity contribution >= 4 is 28.9 Å². The lowest BCUT2D eigenvalue weighted by Gasteiger charge is -2.00. The second kappa shape index (κ2) is 3.59. The molecule has 0 bridgehead atoms. The van der Waals surface area contributed by atoms with E-state index in [1.807, 2.05) is 0 Å². The van der Waals surface area contributed by atoms with Gasteiger partial charge in [-0.15, -0.1) is 0 Å². The molecule has 0 radical (unpaired) electrons. The molecule has 1 aromatic heterocycles. The number of ether oxygens (including phenoxy) is 1. The summed E-state index contributed by atoms with van der Waals surface area (Å²) in [6.45, 7) is 1.73. The van der Waals surface area contributed by atoms with Gasteiger partial charge in [-0.25, -0.2) is 0 Å². The number of aryl methyl sites for hydroxylation is 1. The van der Waals surface area contributed by atoms with E-state index >= 15 is 0 Å². The van der Waals surface area contributed by atoms with Crippen LogP contribution in [0.4, 0.5) is 0 Å². The van der Waals surface area contributed by atoms with Gasteiger partial charge in [0.1, 0.15) is 17.1 Å². The largest absolute Gasteiger partial charge is 0.497 e. The highest BCUT2D eigenvalue weighted by molar-refractivity contribution is 6.36. The summed E-state index contributed by atoms with van der Waals surface area (Å²) in [6.07, 6.45) is 0.750. The molecule has 2 rings (SSSR count). The lowest BCUT2D eigenvalue weighted by Crippen LogP contribution is -1.84. The standard InChI is InChI=1S/C11H9ClO3/c1-6-8(5-13)11-9(12)3-7(14-2)4-10(11)15-6/h3-5H,1-2H3. The molecule has 0 N–H and O–H groups in total. The van der Waals surface area contributed by atoms with E-state index in [9.17, 15) is 4.79 Å². The van der Waals surface area contributed by atoms with Gasteiger partial charge in [-0.2, -0.15) is 0 Å². The van der Waals surface area contributed by atoms with Gasteiger partial charge in [-0.1, -0.05) is 11.6 Å². The van der Waals surface area contributed by atoms with Crippen molar-refractivity contribution in [2.24, 2.45) is 0 Å². The first kappa shape index (κ1) is 10.1. The van der Waals surface area contributed by atoms with E-state index in [0.29, 0.717) is 33.1 Å². The normalized spacial score (nSPS) is 10.6. The van der Waals surface area contributed by atoms with E-state index in [0.717, 1.165) is 6.29 Å². The molecule has 78 valence electrons. The first-order valence-corrected chi connectivity index (χ1v) is 4.77. The maximum absolute atomic E-state index is 10.9. The second-order valence-corrected chi connectivity index (χ2v) is 3.58. The number of hydrogen-bond acceptors (Lipinski definition) is 3. The Balaban J connectivity index is 2.85. The summed E-state index contributed by atoms with van der Waals surface area (Å²) in [4.78, 5) is 10.9. The van der Waals surface area contributed by atoms with Gasteiger partial charge in [0.25, 0.3) is 0 Å². The third-order valence-electron chi connectivity index (χ3n) is 2.29. The van der Waals surface area contributed by atoms with Crippen LogP contribution < -0.4 is 4.74 Å². The van der Waals surface area contributed by atoms with E-state index in [2.05, 4.69) is 0 Å². The van der Waals surface area contributed by atoms with Crippen LogP contribution in [-0.2, 0) is 0 Å². The number of methoxy groups -OCH3 is 1. The van der Waals surface area contributed by atoms with Gasteiger partial charge in [-0.3, -0.25) is 4.79 Å². The van der Waals surface area contributed by atoms with Gasteiger partial charge >= 0.3 is 0 Å². The van der Waals surface area contributed by atoms with Crippen LogP contribution in [0, 0.1) is 6.92 Å². The van der Waals surface area contributed by atoms with Crippen molar-refractivity contribution < 1.29 is 13.9 Å². The Morgan fingerprint density at radius 2 is 2.20 bits per heavy atom. The molecule has 0 aliphatic heterocycles. The average Bonchev–Trinajstić information content (AvgIpc) is 2.53. The van der Waals surface area contributed by atoms with Gasteiger partial charge in [0.15, 0.2) is 6.29 Å². The predicted molar refractivity (Wildman–Crippen MR) is 57.9 cm³/mol. The van der Waals surface area contributed by atoms with E-state index < -0.39 is 0 Å². The Labute approximate surface area is 91.6 Å². The molecule has 4 heteroatoms. The maximum Gasteiger partial charge on any atom is 0.154 e. The number of fused-ring (bicyclic) bond motifs is 1. The summed E-state index contributed by atoms with van der Waals surface area (Å²) < 4.78 is 10.5. The fourth-order valence-corrected chi connectivity index (χ4v) is 1.86. The highest BCUT2D eigenvalue weighted by Gasteiger charge is 2.14. The van der Waals surface area contributed by atoms with Crippen molar-refractivity contribution in [1.82, 2.24) is 0 Å². The van der Waals surface area contributed by atoms with E-state index in [1.54, 1.807) is 26.2 Å². The Bertz CT molecular complexity index is 528. The van der Waals surface area contributed by atoms with Crippen molar-refractivity contribution in [3.8, 4) is 5.75 Å². The number of hydrogen-bond donors (Lipinski definition) is 0. The molecule has 0 atom stereocenters. The van der Waals surface area contributed by atoms with Crippen LogP contribution in [0.5, 0.6) is 5.75 Å². The molecule has 15 heavy (non-hydrogen) atoms. The van der Waals surface area contributed by atoms with Crippen molar-refractivity contribution in [1.29, 1.82) is 0 Å². The predicted octanol–water partition coefficient (Wildman–Crippen LogP) is 3.22. The number of benzene rings is 1. The maximum atomic E-state index is 10.9. The zero-order valence-electron chi connectivity index (χ0n) is 8.33. The average molecular weight is 225 g/mol. The van der Waals surface area contributed by atoms with Crippen LogP contribution in [0.25, 0.3) is 11.0 Å². The highest BCUT2D eigenvalue weighted by Crippen LogP contribution is 2.34. The van der Waals surface area contributed by atoms with Gasteiger partial charge in [0, 0.05) is 11.5 Å². The number of rotatable bonds is 2. The summed E-state index contributed by atoms with van der Waals surface area (Å²) >= 11 is 6.04. The molecule has 0 unspecified atom stereocenters. The lowest BCUT2D eigenvalue weighted by molar-refractivity contribution is 0.112. The fraction of sp³-hybridized carbons (Fsp3) is 0.182. The summed E-state index contributed by atoms with van der Waals surface area (Å²) in [5.74, 6) is 1.17. The number of halogens is 1. The van der Waals surface area contributed by atoms with Crippen molar-refractivity contribution in [2.75, 3.05) is 7.11 Å². The zero-order valence-corrected chi connectivity index (χ0v) is 9.09. The van der Waals surface area contributed by atoms with Crippen molar-refractivity contribution in [3.05, 3.63) is 28.5 Å². The fourth-order valence-electron chi connectivity index (χ4n) is 1.56. The van der Waals surface area contributed by atoms with Gasteiger partial charge in [0.05, 0.1) is 17.7 Å². The van der Waals surface area contributed by atoms with Gasteiger partial charge in [-0.05, 0) is 13.0 Å². The molecular weight excluding hydrogens is 216 g/mol. The van der Waals surface area contributed by atoms with Crippen LogP contribution >= 0.6 is 11.6 Å². The summed E-state index contributed by atoms with van der Waals surface area (Å²) in [5, 5.41) is 1.10.